The average Bonchev–Trinajstić information content (AvgIpc) is 3.00. The van der Waals surface area contributed by atoms with Gasteiger partial charge in [0.05, 0.1) is 0 Å². The van der Waals surface area contributed by atoms with Crippen LogP contribution in [0.1, 0.15) is 83.2 Å². The van der Waals surface area contributed by atoms with E-state index in [1.807, 2.05) is 36.4 Å². The summed E-state index contributed by atoms with van der Waals surface area (Å²) in [6.07, 6.45) is 8.21. The first kappa shape index (κ1) is 28.9. The van der Waals surface area contributed by atoms with E-state index in [9.17, 15) is 9.59 Å². The number of piperazine rings is 2. The molecule has 0 atom stereocenters. The molecule has 7 nitrogen and oxygen atoms in total. The van der Waals surface area contributed by atoms with Crippen molar-refractivity contribution >= 4 is 11.6 Å². The maximum atomic E-state index is 12.9. The third-order valence-corrected chi connectivity index (χ3v) is 8.54. The summed E-state index contributed by atoms with van der Waals surface area (Å²) < 4.78 is 6.15. The molecular weight excluding hydrogens is 500 g/mol. The Morgan fingerprint density at radius 1 is 0.625 bits per heavy atom. The summed E-state index contributed by atoms with van der Waals surface area (Å²) in [5.41, 5.74) is 3.58. The molecule has 2 fully saturated rings. The van der Waals surface area contributed by atoms with E-state index in [1.54, 1.807) is 0 Å². The predicted molar refractivity (Wildman–Crippen MR) is 160 cm³/mol. The van der Waals surface area contributed by atoms with Gasteiger partial charge in [0, 0.05) is 93.9 Å². The number of hydrogen-bond donors (Lipinski definition) is 2. The third-order valence-electron chi connectivity index (χ3n) is 8.54. The van der Waals surface area contributed by atoms with Crippen LogP contribution in [0.5, 0.6) is 11.5 Å². The number of hydrogen-bond acceptors (Lipinski definition) is 7. The minimum atomic E-state index is 0.205. The highest BCUT2D eigenvalue weighted by atomic mass is 16.5. The number of benzene rings is 2. The van der Waals surface area contributed by atoms with Gasteiger partial charge in [-0.3, -0.25) is 9.59 Å². The van der Waals surface area contributed by atoms with Gasteiger partial charge in [0.2, 0.25) is 0 Å². The molecule has 0 spiro atoms. The lowest BCUT2D eigenvalue weighted by molar-refractivity contribution is 0.0970. The molecule has 2 aromatic carbocycles. The van der Waals surface area contributed by atoms with Crippen LogP contribution >= 0.6 is 0 Å². The van der Waals surface area contributed by atoms with Crippen LogP contribution in [0.2, 0.25) is 0 Å². The zero-order valence-electron chi connectivity index (χ0n) is 24.0. The van der Waals surface area contributed by atoms with Gasteiger partial charge in [-0.05, 0) is 75.2 Å². The molecule has 2 N–H and O–H groups in total. The molecule has 0 bridgehead atoms. The van der Waals surface area contributed by atoms with E-state index in [2.05, 4.69) is 20.4 Å². The molecule has 0 unspecified atom stereocenters. The van der Waals surface area contributed by atoms with Gasteiger partial charge >= 0.3 is 0 Å². The Morgan fingerprint density at radius 3 is 1.52 bits per heavy atom. The van der Waals surface area contributed by atoms with Crippen molar-refractivity contribution in [3.05, 3.63) is 58.7 Å². The molecule has 7 heteroatoms. The molecule has 3 aliphatic rings. The van der Waals surface area contributed by atoms with Crippen molar-refractivity contribution in [3.63, 3.8) is 0 Å². The monoisotopic (exact) mass is 546 g/mol. The van der Waals surface area contributed by atoms with Crippen LogP contribution in [0.25, 0.3) is 0 Å². The number of nitrogens with zero attached hydrogens (tertiary/aromatic N) is 2. The van der Waals surface area contributed by atoms with Crippen molar-refractivity contribution in [2.45, 2.75) is 57.8 Å². The number of rotatable bonds is 14. The highest BCUT2D eigenvalue weighted by Crippen LogP contribution is 2.37. The number of unbranched alkanes of at least 4 members (excludes halogenated alkanes) is 4. The van der Waals surface area contributed by atoms with Gasteiger partial charge in [-0.2, -0.15) is 0 Å². The number of carbonyl (C=O) groups excluding carboxylic acids is 2. The van der Waals surface area contributed by atoms with Gasteiger partial charge in [-0.25, -0.2) is 0 Å². The smallest absolute Gasteiger partial charge is 0.162 e. The first-order chi connectivity index (χ1) is 19.7. The highest BCUT2D eigenvalue weighted by Gasteiger charge is 2.20. The second-order valence-corrected chi connectivity index (χ2v) is 11.6. The summed E-state index contributed by atoms with van der Waals surface area (Å²) in [5.74, 6) is 2.03. The average molecular weight is 547 g/mol. The van der Waals surface area contributed by atoms with Gasteiger partial charge in [0.25, 0.3) is 0 Å². The molecule has 216 valence electrons. The quantitative estimate of drug-likeness (QED) is 0.225. The first-order valence-electron chi connectivity index (χ1n) is 15.5. The maximum Gasteiger partial charge on any atom is 0.162 e. The number of nitrogens with one attached hydrogen (secondary N) is 2. The van der Waals surface area contributed by atoms with Gasteiger partial charge in [-0.1, -0.05) is 12.8 Å². The molecule has 3 heterocycles. The van der Waals surface area contributed by atoms with Crippen LogP contribution in [0.3, 0.4) is 0 Å². The normalized spacial score (nSPS) is 17.6. The van der Waals surface area contributed by atoms with Gasteiger partial charge in [0.15, 0.2) is 11.6 Å². The van der Waals surface area contributed by atoms with Crippen molar-refractivity contribution in [1.29, 1.82) is 0 Å². The fourth-order valence-corrected chi connectivity index (χ4v) is 6.06. The third kappa shape index (κ3) is 8.23. The van der Waals surface area contributed by atoms with Crippen molar-refractivity contribution in [2.75, 3.05) is 65.4 Å². The van der Waals surface area contributed by atoms with E-state index < -0.39 is 0 Å². The minimum Gasteiger partial charge on any atom is -0.457 e. The minimum absolute atomic E-state index is 0.205. The van der Waals surface area contributed by atoms with Crippen LogP contribution in [-0.2, 0) is 6.42 Å². The van der Waals surface area contributed by atoms with E-state index in [0.717, 1.165) is 138 Å². The summed E-state index contributed by atoms with van der Waals surface area (Å²) in [6.45, 7) is 11.1. The predicted octanol–water partition coefficient (Wildman–Crippen LogP) is 4.68. The molecule has 5 rings (SSSR count). The lowest BCUT2D eigenvalue weighted by Crippen LogP contribution is -2.43. The molecule has 0 aliphatic carbocycles. The van der Waals surface area contributed by atoms with Crippen LogP contribution in [0, 0.1) is 0 Å². The second-order valence-electron chi connectivity index (χ2n) is 11.6. The molecule has 0 amide bonds. The Kier molecular flexibility index (Phi) is 10.8. The Labute approximate surface area is 239 Å². The number of carbonyl (C=O) groups is 2. The van der Waals surface area contributed by atoms with Crippen molar-refractivity contribution in [2.24, 2.45) is 0 Å². The van der Waals surface area contributed by atoms with Crippen LogP contribution in [0.15, 0.2) is 36.4 Å². The van der Waals surface area contributed by atoms with Gasteiger partial charge in [0.1, 0.15) is 11.5 Å². The lowest BCUT2D eigenvalue weighted by Gasteiger charge is -2.27. The number of ether oxygens (including phenoxy) is 1. The van der Waals surface area contributed by atoms with Crippen molar-refractivity contribution in [3.8, 4) is 11.5 Å². The van der Waals surface area contributed by atoms with Crippen LogP contribution < -0.4 is 15.4 Å². The number of ketones is 2. The maximum absolute atomic E-state index is 12.9. The van der Waals surface area contributed by atoms with Crippen LogP contribution in [-0.4, -0.2) is 86.8 Å². The molecular formula is C33H46N4O3. The summed E-state index contributed by atoms with van der Waals surface area (Å²) in [6, 6.07) is 11.6. The van der Waals surface area contributed by atoms with E-state index >= 15 is 0 Å². The summed E-state index contributed by atoms with van der Waals surface area (Å²) in [5, 5.41) is 6.78. The Hall–Kier alpha value is -2.58. The van der Waals surface area contributed by atoms with Crippen molar-refractivity contribution in [1.82, 2.24) is 20.4 Å². The second kappa shape index (κ2) is 14.9. The van der Waals surface area contributed by atoms with E-state index in [4.69, 9.17) is 4.74 Å². The standard InChI is InChI=1S/C33H46N4O3/c38-30(7-3-1-5-17-36-19-13-34-14-20-36)26-9-11-32-28(23-26)25-29-24-27(10-12-33(29)40-32)31(39)8-4-2-6-18-37-21-15-35-16-22-37/h9-12,23-24,34-35H,1-8,13-22,25H2. The Morgan fingerprint density at radius 2 is 1.07 bits per heavy atom. The zero-order valence-corrected chi connectivity index (χ0v) is 24.0. The van der Waals surface area contributed by atoms with Gasteiger partial charge in [-0.15, -0.1) is 0 Å². The highest BCUT2D eigenvalue weighted by molar-refractivity contribution is 5.97. The zero-order chi connectivity index (χ0) is 27.6. The number of fused-ring (bicyclic) bond motifs is 2. The van der Waals surface area contributed by atoms with E-state index in [1.165, 1.54) is 0 Å². The fraction of sp³-hybridized carbons (Fsp3) is 0.576. The number of Topliss-reactive ketones (excluding diaryl/α,β-unsaturated/α-hetero) is 2. The van der Waals surface area contributed by atoms with E-state index in [-0.39, 0.29) is 11.6 Å². The van der Waals surface area contributed by atoms with Crippen molar-refractivity contribution < 1.29 is 14.3 Å². The molecule has 0 aromatic heterocycles. The first-order valence-corrected chi connectivity index (χ1v) is 15.5. The molecule has 40 heavy (non-hydrogen) atoms. The SMILES string of the molecule is O=C(CCCCCN1CCNCC1)c1ccc2c(c1)Cc1cc(C(=O)CCCCCN3CCNCC3)ccc1O2. The fourth-order valence-electron chi connectivity index (χ4n) is 6.06. The summed E-state index contributed by atoms with van der Waals surface area (Å²) in [7, 11) is 0. The molecule has 2 saturated heterocycles. The Balaban J connectivity index is 1.06. The lowest BCUT2D eigenvalue weighted by atomic mass is 9.94. The summed E-state index contributed by atoms with van der Waals surface area (Å²) >= 11 is 0. The molecule has 3 aliphatic heterocycles. The summed E-state index contributed by atoms with van der Waals surface area (Å²) in [4.78, 5) is 30.8. The van der Waals surface area contributed by atoms with Crippen LogP contribution in [0.4, 0.5) is 0 Å². The topological polar surface area (TPSA) is 73.9 Å². The van der Waals surface area contributed by atoms with Gasteiger partial charge < -0.3 is 25.2 Å². The molecule has 0 radical (unpaired) electrons. The molecule has 0 saturated carbocycles. The largest absolute Gasteiger partial charge is 0.457 e. The Bertz CT molecular complexity index is 1050. The van der Waals surface area contributed by atoms with E-state index in [0.29, 0.717) is 19.3 Å². The molecule has 2 aromatic rings.